The Hall–Kier alpha value is -1.30. The number of carbonyl (C=O) groups excluding carboxylic acids is 2. The van der Waals surface area contributed by atoms with Crippen molar-refractivity contribution >= 4 is 12.0 Å². The lowest BCUT2D eigenvalue weighted by Gasteiger charge is -2.39. The summed E-state index contributed by atoms with van der Waals surface area (Å²) in [6.45, 7) is 12.1. The van der Waals surface area contributed by atoms with E-state index >= 15 is 0 Å². The summed E-state index contributed by atoms with van der Waals surface area (Å²) >= 11 is 0. The van der Waals surface area contributed by atoms with E-state index in [4.69, 9.17) is 4.74 Å². The molecule has 3 aliphatic rings. The second-order valence-corrected chi connectivity index (χ2v) is 8.98. The van der Waals surface area contributed by atoms with E-state index in [1.807, 2.05) is 9.80 Å². The fraction of sp³-hybridized carbons (Fsp3) is 0.905. The smallest absolute Gasteiger partial charge is 0.410 e. The molecule has 2 amide bonds. The Morgan fingerprint density at radius 3 is 2.56 bits per heavy atom. The normalized spacial score (nSPS) is 26.1. The molecule has 27 heavy (non-hydrogen) atoms. The molecule has 154 valence electrons. The number of nitrogens with zero attached hydrogens (tertiary/aromatic N) is 3. The predicted octanol–water partition coefficient (Wildman–Crippen LogP) is 2.97. The van der Waals surface area contributed by atoms with E-state index in [2.05, 4.69) is 25.7 Å². The van der Waals surface area contributed by atoms with E-state index in [1.54, 1.807) is 0 Å². The lowest BCUT2D eigenvalue weighted by atomic mass is 9.91. The maximum atomic E-state index is 12.7. The van der Waals surface area contributed by atoms with Crippen LogP contribution in [-0.4, -0.2) is 78.1 Å². The molecule has 1 atom stereocenters. The van der Waals surface area contributed by atoms with Gasteiger partial charge in [-0.2, -0.15) is 0 Å². The molecular formula is C21H37N3O3. The second-order valence-electron chi connectivity index (χ2n) is 8.98. The summed E-state index contributed by atoms with van der Waals surface area (Å²) in [4.78, 5) is 31.2. The Kier molecular flexibility index (Phi) is 6.66. The van der Waals surface area contributed by atoms with E-state index in [0.717, 1.165) is 45.3 Å². The van der Waals surface area contributed by atoms with Crippen LogP contribution >= 0.6 is 0 Å². The molecule has 1 unspecified atom stereocenters. The van der Waals surface area contributed by atoms with Crippen molar-refractivity contribution in [3.63, 3.8) is 0 Å². The number of likely N-dealkylation sites (tertiary alicyclic amines) is 2. The average Bonchev–Trinajstić information content (AvgIpc) is 2.95. The van der Waals surface area contributed by atoms with E-state index in [0.29, 0.717) is 38.0 Å². The first-order valence-corrected chi connectivity index (χ1v) is 10.9. The van der Waals surface area contributed by atoms with Crippen LogP contribution in [0.4, 0.5) is 4.79 Å². The van der Waals surface area contributed by atoms with Crippen molar-refractivity contribution in [2.45, 2.75) is 64.9 Å². The summed E-state index contributed by atoms with van der Waals surface area (Å²) < 4.78 is 5.82. The van der Waals surface area contributed by atoms with Gasteiger partial charge in [0.25, 0.3) is 0 Å². The molecule has 0 aromatic carbocycles. The Labute approximate surface area is 164 Å². The summed E-state index contributed by atoms with van der Waals surface area (Å²) in [6.07, 6.45) is 6.01. The van der Waals surface area contributed by atoms with Crippen LogP contribution in [0.1, 0.15) is 59.3 Å². The SMILES string of the molecule is CCC(CC)CN1CC2(CCN(C(=O)CN3CCCC(C)C3)CC2)OC1=O. The van der Waals surface area contributed by atoms with Gasteiger partial charge in [0.1, 0.15) is 5.60 Å². The average molecular weight is 380 g/mol. The highest BCUT2D eigenvalue weighted by molar-refractivity contribution is 5.78. The van der Waals surface area contributed by atoms with Gasteiger partial charge in [-0.3, -0.25) is 9.69 Å². The van der Waals surface area contributed by atoms with Crippen LogP contribution in [0.25, 0.3) is 0 Å². The zero-order chi connectivity index (χ0) is 19.4. The Balaban J connectivity index is 1.48. The third-order valence-electron chi connectivity index (χ3n) is 6.80. The minimum Gasteiger partial charge on any atom is -0.441 e. The monoisotopic (exact) mass is 379 g/mol. The molecule has 3 aliphatic heterocycles. The van der Waals surface area contributed by atoms with Crippen molar-refractivity contribution in [2.24, 2.45) is 11.8 Å². The van der Waals surface area contributed by atoms with Gasteiger partial charge in [0.2, 0.25) is 5.91 Å². The van der Waals surface area contributed by atoms with Gasteiger partial charge in [-0.1, -0.05) is 33.6 Å². The van der Waals surface area contributed by atoms with Crippen LogP contribution in [0.3, 0.4) is 0 Å². The number of carbonyl (C=O) groups is 2. The molecule has 0 N–H and O–H groups in total. The molecule has 0 radical (unpaired) electrons. The first-order valence-electron chi connectivity index (χ1n) is 10.9. The number of hydrogen-bond acceptors (Lipinski definition) is 4. The van der Waals surface area contributed by atoms with E-state index in [1.165, 1.54) is 12.8 Å². The Morgan fingerprint density at radius 1 is 1.22 bits per heavy atom. The molecule has 3 fully saturated rings. The van der Waals surface area contributed by atoms with Gasteiger partial charge in [0, 0.05) is 39.0 Å². The number of piperidine rings is 2. The molecule has 3 rings (SSSR count). The van der Waals surface area contributed by atoms with Gasteiger partial charge in [-0.15, -0.1) is 0 Å². The highest BCUT2D eigenvalue weighted by Gasteiger charge is 2.47. The minimum absolute atomic E-state index is 0.163. The van der Waals surface area contributed by atoms with Gasteiger partial charge >= 0.3 is 6.09 Å². The van der Waals surface area contributed by atoms with Crippen LogP contribution in [0.15, 0.2) is 0 Å². The lowest BCUT2D eigenvalue weighted by Crippen LogP contribution is -2.51. The van der Waals surface area contributed by atoms with Crippen LogP contribution in [0.2, 0.25) is 0 Å². The zero-order valence-electron chi connectivity index (χ0n) is 17.4. The summed E-state index contributed by atoms with van der Waals surface area (Å²) in [5.41, 5.74) is -0.375. The minimum atomic E-state index is -0.375. The predicted molar refractivity (Wildman–Crippen MR) is 106 cm³/mol. The van der Waals surface area contributed by atoms with Crippen LogP contribution in [0, 0.1) is 11.8 Å². The number of amides is 2. The van der Waals surface area contributed by atoms with Gasteiger partial charge < -0.3 is 14.5 Å². The Bertz CT molecular complexity index is 527. The molecule has 0 aromatic rings. The molecule has 3 heterocycles. The van der Waals surface area contributed by atoms with Crippen LogP contribution in [0.5, 0.6) is 0 Å². The Morgan fingerprint density at radius 2 is 1.93 bits per heavy atom. The molecule has 3 saturated heterocycles. The van der Waals surface area contributed by atoms with E-state index in [9.17, 15) is 9.59 Å². The topological polar surface area (TPSA) is 53.1 Å². The molecule has 0 aromatic heterocycles. The maximum Gasteiger partial charge on any atom is 0.410 e. The van der Waals surface area contributed by atoms with Crippen LogP contribution < -0.4 is 0 Å². The quantitative estimate of drug-likeness (QED) is 0.712. The fourth-order valence-electron chi connectivity index (χ4n) is 4.84. The second kappa shape index (κ2) is 8.80. The molecule has 6 heteroatoms. The lowest BCUT2D eigenvalue weighted by molar-refractivity contribution is -0.136. The van der Waals surface area contributed by atoms with Gasteiger partial charge in [0.15, 0.2) is 0 Å². The molecule has 1 spiro atoms. The molecule has 0 saturated carbocycles. The van der Waals surface area contributed by atoms with Crippen LogP contribution in [-0.2, 0) is 9.53 Å². The molecule has 0 bridgehead atoms. The van der Waals surface area contributed by atoms with Crippen molar-refractivity contribution in [2.75, 3.05) is 45.8 Å². The van der Waals surface area contributed by atoms with Crippen molar-refractivity contribution in [1.29, 1.82) is 0 Å². The van der Waals surface area contributed by atoms with Crippen molar-refractivity contribution in [3.05, 3.63) is 0 Å². The van der Waals surface area contributed by atoms with Gasteiger partial charge in [0.05, 0.1) is 13.1 Å². The molecular weight excluding hydrogens is 342 g/mol. The number of ether oxygens (including phenoxy) is 1. The first-order chi connectivity index (χ1) is 12.9. The third-order valence-corrected chi connectivity index (χ3v) is 6.80. The summed E-state index contributed by atoms with van der Waals surface area (Å²) in [5.74, 6) is 1.47. The standard InChI is InChI=1S/C21H37N3O3/c1-4-18(5-2)14-24-16-21(27-20(24)26)8-11-23(12-9-21)19(25)15-22-10-6-7-17(3)13-22/h17-18H,4-16H2,1-3H3. The van der Waals surface area contributed by atoms with Crippen molar-refractivity contribution in [1.82, 2.24) is 14.7 Å². The van der Waals surface area contributed by atoms with Gasteiger partial charge in [-0.25, -0.2) is 4.79 Å². The van der Waals surface area contributed by atoms with Crippen molar-refractivity contribution < 1.29 is 14.3 Å². The van der Waals surface area contributed by atoms with Crippen molar-refractivity contribution in [3.8, 4) is 0 Å². The summed E-state index contributed by atoms with van der Waals surface area (Å²) in [6, 6.07) is 0. The summed E-state index contributed by atoms with van der Waals surface area (Å²) in [5, 5.41) is 0. The zero-order valence-corrected chi connectivity index (χ0v) is 17.4. The third kappa shape index (κ3) is 4.95. The van der Waals surface area contributed by atoms with Gasteiger partial charge in [-0.05, 0) is 31.2 Å². The molecule has 0 aliphatic carbocycles. The molecule has 6 nitrogen and oxygen atoms in total. The fourth-order valence-corrected chi connectivity index (χ4v) is 4.84. The number of rotatable bonds is 6. The summed E-state index contributed by atoms with van der Waals surface area (Å²) in [7, 11) is 0. The largest absolute Gasteiger partial charge is 0.441 e. The highest BCUT2D eigenvalue weighted by Crippen LogP contribution is 2.34. The van der Waals surface area contributed by atoms with E-state index in [-0.39, 0.29) is 17.6 Å². The first kappa shape index (κ1) is 20.4. The highest BCUT2D eigenvalue weighted by atomic mass is 16.6. The number of hydrogen-bond donors (Lipinski definition) is 0. The van der Waals surface area contributed by atoms with E-state index < -0.39 is 0 Å². The maximum absolute atomic E-state index is 12.7.